The quantitative estimate of drug-likeness (QED) is 0.708. The molecular weight excluding hydrogens is 365 g/mol. The summed E-state index contributed by atoms with van der Waals surface area (Å²) in [7, 11) is 0. The van der Waals surface area contributed by atoms with Crippen LogP contribution in [-0.4, -0.2) is 29.1 Å². The second kappa shape index (κ2) is 7.59. The van der Waals surface area contributed by atoms with Gasteiger partial charge in [-0.25, -0.2) is 9.07 Å². The molecule has 0 radical (unpaired) electrons. The van der Waals surface area contributed by atoms with Crippen LogP contribution in [0.5, 0.6) is 17.2 Å². The van der Waals surface area contributed by atoms with Crippen LogP contribution in [0.3, 0.4) is 0 Å². The van der Waals surface area contributed by atoms with Crippen molar-refractivity contribution in [1.82, 2.24) is 15.1 Å². The lowest BCUT2D eigenvalue weighted by Crippen LogP contribution is -2.24. The monoisotopic (exact) mass is 383 g/mol. The lowest BCUT2D eigenvalue weighted by Gasteiger charge is -2.06. The summed E-state index contributed by atoms with van der Waals surface area (Å²) in [5.41, 5.74) is 1.65. The summed E-state index contributed by atoms with van der Waals surface area (Å²) >= 11 is 0. The van der Waals surface area contributed by atoms with E-state index in [1.54, 1.807) is 24.4 Å². The maximum Gasteiger partial charge on any atom is 0.275 e. The van der Waals surface area contributed by atoms with Gasteiger partial charge in [0.05, 0.1) is 18.5 Å². The number of aromatic nitrogens is 2. The zero-order valence-electron chi connectivity index (χ0n) is 15.1. The van der Waals surface area contributed by atoms with Gasteiger partial charge in [-0.3, -0.25) is 4.79 Å². The fourth-order valence-electron chi connectivity index (χ4n) is 2.82. The molecule has 0 atom stereocenters. The molecule has 0 aliphatic carbocycles. The molecule has 8 heteroatoms. The van der Waals surface area contributed by atoms with Crippen molar-refractivity contribution in [2.75, 3.05) is 13.4 Å². The number of carbonyl (C=O) groups is 1. The van der Waals surface area contributed by atoms with E-state index in [4.69, 9.17) is 14.2 Å². The van der Waals surface area contributed by atoms with Gasteiger partial charge in [0.25, 0.3) is 5.91 Å². The van der Waals surface area contributed by atoms with Crippen molar-refractivity contribution in [1.29, 1.82) is 0 Å². The fraction of sp³-hybridized carbons (Fsp3) is 0.200. The number of hydrogen-bond acceptors (Lipinski definition) is 5. The highest BCUT2D eigenvalue weighted by molar-refractivity contribution is 5.94. The van der Waals surface area contributed by atoms with Gasteiger partial charge in [0, 0.05) is 6.54 Å². The van der Waals surface area contributed by atoms with Crippen LogP contribution in [0.4, 0.5) is 4.39 Å². The summed E-state index contributed by atoms with van der Waals surface area (Å²) in [5.74, 6) is 0.980. The molecule has 1 aliphatic rings. The van der Waals surface area contributed by atoms with E-state index in [0.29, 0.717) is 36.1 Å². The second-order valence-corrected chi connectivity index (χ2v) is 6.07. The Hall–Kier alpha value is -3.55. The lowest BCUT2D eigenvalue weighted by molar-refractivity contribution is 0.0941. The number of fused-ring (bicyclic) bond motifs is 1. The van der Waals surface area contributed by atoms with Crippen molar-refractivity contribution in [3.63, 3.8) is 0 Å². The molecular formula is C20H18FN3O4. The molecule has 4 rings (SSSR count). The molecule has 0 saturated carbocycles. The van der Waals surface area contributed by atoms with Crippen molar-refractivity contribution < 1.29 is 23.4 Å². The van der Waals surface area contributed by atoms with Gasteiger partial charge in [-0.2, -0.15) is 5.10 Å². The number of rotatable bonds is 6. The molecule has 28 heavy (non-hydrogen) atoms. The highest BCUT2D eigenvalue weighted by Gasteiger charge is 2.19. The predicted molar refractivity (Wildman–Crippen MR) is 98.4 cm³/mol. The highest BCUT2D eigenvalue weighted by atomic mass is 19.1. The number of carbonyl (C=O) groups excluding carboxylic acids is 1. The molecule has 0 bridgehead atoms. The Balaban J connectivity index is 1.51. The van der Waals surface area contributed by atoms with Crippen molar-refractivity contribution in [2.24, 2.45) is 0 Å². The van der Waals surface area contributed by atoms with E-state index in [-0.39, 0.29) is 24.2 Å². The van der Waals surface area contributed by atoms with E-state index < -0.39 is 0 Å². The molecule has 0 unspecified atom stereocenters. The first-order chi connectivity index (χ1) is 13.6. The van der Waals surface area contributed by atoms with E-state index in [1.807, 2.05) is 19.1 Å². The van der Waals surface area contributed by atoms with Crippen molar-refractivity contribution in [3.05, 3.63) is 65.7 Å². The fourth-order valence-corrected chi connectivity index (χ4v) is 2.82. The third-order valence-electron chi connectivity index (χ3n) is 4.18. The van der Waals surface area contributed by atoms with Crippen LogP contribution >= 0.6 is 0 Å². The summed E-state index contributed by atoms with van der Waals surface area (Å²) in [6.07, 6.45) is 1.60. The van der Waals surface area contributed by atoms with E-state index in [2.05, 4.69) is 10.4 Å². The molecule has 0 spiro atoms. The van der Waals surface area contributed by atoms with Gasteiger partial charge in [-0.15, -0.1) is 0 Å². The summed E-state index contributed by atoms with van der Waals surface area (Å²) < 4.78 is 30.8. The molecule has 3 aromatic rings. The van der Waals surface area contributed by atoms with Gasteiger partial charge in [-0.1, -0.05) is 6.07 Å². The summed E-state index contributed by atoms with van der Waals surface area (Å²) in [4.78, 5) is 12.7. The molecule has 0 saturated heterocycles. The first kappa shape index (κ1) is 17.8. The maximum absolute atomic E-state index is 13.1. The van der Waals surface area contributed by atoms with Gasteiger partial charge in [0.1, 0.15) is 5.82 Å². The normalized spacial score (nSPS) is 12.1. The Labute approximate surface area is 160 Å². The SMILES string of the molecule is CCOc1cn(-c2ccc(F)cc2)nc1C(=O)NCc1ccc2c(c1)OCO2. The molecule has 1 aromatic heterocycles. The third-order valence-corrected chi connectivity index (χ3v) is 4.18. The Kier molecular flexibility index (Phi) is 4.84. The summed E-state index contributed by atoms with van der Waals surface area (Å²) in [6, 6.07) is 11.3. The minimum Gasteiger partial charge on any atom is -0.490 e. The summed E-state index contributed by atoms with van der Waals surface area (Å²) in [6.45, 7) is 2.70. The minimum absolute atomic E-state index is 0.159. The Morgan fingerprint density at radius 3 is 2.79 bits per heavy atom. The Morgan fingerprint density at radius 1 is 1.21 bits per heavy atom. The molecule has 1 N–H and O–H groups in total. The second-order valence-electron chi connectivity index (χ2n) is 6.07. The lowest BCUT2D eigenvalue weighted by atomic mass is 10.2. The molecule has 2 aromatic carbocycles. The number of nitrogens with one attached hydrogen (secondary N) is 1. The third kappa shape index (κ3) is 3.62. The Morgan fingerprint density at radius 2 is 2.00 bits per heavy atom. The van der Waals surface area contributed by atoms with Crippen LogP contribution in [-0.2, 0) is 6.54 Å². The molecule has 144 valence electrons. The number of hydrogen-bond donors (Lipinski definition) is 1. The van der Waals surface area contributed by atoms with Gasteiger partial charge in [0.15, 0.2) is 22.9 Å². The highest BCUT2D eigenvalue weighted by Crippen LogP contribution is 2.32. The average molecular weight is 383 g/mol. The standard InChI is InChI=1S/C20H18FN3O4/c1-2-26-18-11-24(15-6-4-14(21)5-7-15)23-19(18)20(25)22-10-13-3-8-16-17(9-13)28-12-27-16/h3-9,11H,2,10,12H2,1H3,(H,22,25). The van der Waals surface area contributed by atoms with E-state index >= 15 is 0 Å². The van der Waals surface area contributed by atoms with Crippen molar-refractivity contribution in [3.8, 4) is 22.9 Å². The number of ether oxygens (including phenoxy) is 3. The number of halogens is 1. The largest absolute Gasteiger partial charge is 0.490 e. The van der Waals surface area contributed by atoms with Gasteiger partial charge >= 0.3 is 0 Å². The van der Waals surface area contributed by atoms with Gasteiger partial charge < -0.3 is 19.5 Å². The van der Waals surface area contributed by atoms with Crippen LogP contribution in [0.2, 0.25) is 0 Å². The maximum atomic E-state index is 13.1. The number of benzene rings is 2. The van der Waals surface area contributed by atoms with E-state index in [9.17, 15) is 9.18 Å². The first-order valence-corrected chi connectivity index (χ1v) is 8.79. The molecule has 0 fully saturated rings. The average Bonchev–Trinajstić information content (AvgIpc) is 3.33. The van der Waals surface area contributed by atoms with Crippen LogP contribution < -0.4 is 19.5 Å². The van der Waals surface area contributed by atoms with Gasteiger partial charge in [0.2, 0.25) is 6.79 Å². The summed E-state index contributed by atoms with van der Waals surface area (Å²) in [5, 5.41) is 7.14. The van der Waals surface area contributed by atoms with Gasteiger partial charge in [-0.05, 0) is 48.9 Å². The van der Waals surface area contributed by atoms with E-state index in [1.165, 1.54) is 16.8 Å². The number of nitrogens with zero attached hydrogens (tertiary/aromatic N) is 2. The zero-order chi connectivity index (χ0) is 19.5. The van der Waals surface area contributed by atoms with Crippen LogP contribution in [0.15, 0.2) is 48.7 Å². The van der Waals surface area contributed by atoms with Crippen LogP contribution in [0, 0.1) is 5.82 Å². The van der Waals surface area contributed by atoms with Crippen molar-refractivity contribution >= 4 is 5.91 Å². The molecule has 7 nitrogen and oxygen atoms in total. The van der Waals surface area contributed by atoms with Crippen LogP contribution in [0.1, 0.15) is 23.0 Å². The molecule has 2 heterocycles. The zero-order valence-corrected chi connectivity index (χ0v) is 15.1. The van der Waals surface area contributed by atoms with Crippen molar-refractivity contribution in [2.45, 2.75) is 13.5 Å². The molecule has 1 amide bonds. The van der Waals surface area contributed by atoms with Crippen LogP contribution in [0.25, 0.3) is 5.69 Å². The molecule has 1 aliphatic heterocycles. The Bertz CT molecular complexity index is 1000. The first-order valence-electron chi connectivity index (χ1n) is 8.79. The number of amides is 1. The van der Waals surface area contributed by atoms with E-state index in [0.717, 1.165) is 5.56 Å². The topological polar surface area (TPSA) is 74.6 Å². The minimum atomic E-state index is -0.373. The predicted octanol–water partition coefficient (Wildman–Crippen LogP) is 3.07. The smallest absolute Gasteiger partial charge is 0.275 e.